The summed E-state index contributed by atoms with van der Waals surface area (Å²) in [5, 5.41) is 7.11. The topological polar surface area (TPSA) is 58.4 Å². The molecule has 27 heavy (non-hydrogen) atoms. The SMILES string of the molecule is CCCN(Cc1cc(-c2cc(C)ccc2C)on1)C(=O)Nc1ccccc1. The van der Waals surface area contributed by atoms with Crippen molar-refractivity contribution in [2.75, 3.05) is 11.9 Å². The molecule has 0 bridgehead atoms. The molecular weight excluding hydrogens is 338 g/mol. The van der Waals surface area contributed by atoms with E-state index in [-0.39, 0.29) is 6.03 Å². The molecule has 0 spiro atoms. The normalized spacial score (nSPS) is 10.6. The number of rotatable bonds is 6. The average molecular weight is 363 g/mol. The molecule has 0 aliphatic carbocycles. The molecule has 2 amide bonds. The number of nitrogens with zero attached hydrogens (tertiary/aromatic N) is 2. The molecule has 3 rings (SSSR count). The molecular formula is C22H25N3O2. The van der Waals surface area contributed by atoms with Crippen molar-refractivity contribution in [3.63, 3.8) is 0 Å². The quantitative estimate of drug-likeness (QED) is 0.638. The highest BCUT2D eigenvalue weighted by atomic mass is 16.5. The summed E-state index contributed by atoms with van der Waals surface area (Å²) in [5.74, 6) is 0.728. The summed E-state index contributed by atoms with van der Waals surface area (Å²) in [6.45, 7) is 7.20. The molecule has 0 saturated heterocycles. The van der Waals surface area contributed by atoms with Gasteiger partial charge in [0.05, 0.1) is 6.54 Å². The van der Waals surface area contributed by atoms with Crippen molar-refractivity contribution in [3.8, 4) is 11.3 Å². The number of hydrogen-bond acceptors (Lipinski definition) is 3. The molecule has 0 aliphatic rings. The molecule has 2 aromatic carbocycles. The molecule has 0 radical (unpaired) electrons. The Hall–Kier alpha value is -3.08. The van der Waals surface area contributed by atoms with Crippen LogP contribution >= 0.6 is 0 Å². The van der Waals surface area contributed by atoms with Crippen molar-refractivity contribution < 1.29 is 9.32 Å². The number of aryl methyl sites for hydroxylation is 2. The second-order valence-corrected chi connectivity index (χ2v) is 6.72. The predicted molar refractivity (Wildman–Crippen MR) is 108 cm³/mol. The molecule has 1 aromatic heterocycles. The summed E-state index contributed by atoms with van der Waals surface area (Å²) >= 11 is 0. The Kier molecular flexibility index (Phi) is 5.91. The highest BCUT2D eigenvalue weighted by Gasteiger charge is 2.17. The second-order valence-electron chi connectivity index (χ2n) is 6.72. The lowest BCUT2D eigenvalue weighted by molar-refractivity contribution is 0.207. The number of para-hydroxylation sites is 1. The maximum Gasteiger partial charge on any atom is 0.322 e. The van der Waals surface area contributed by atoms with E-state index in [1.807, 2.05) is 50.2 Å². The maximum absolute atomic E-state index is 12.6. The Morgan fingerprint density at radius 3 is 2.63 bits per heavy atom. The molecule has 0 atom stereocenters. The molecule has 1 N–H and O–H groups in total. The van der Waals surface area contributed by atoms with E-state index in [0.717, 1.165) is 34.7 Å². The van der Waals surface area contributed by atoms with Gasteiger partial charge in [0.15, 0.2) is 5.76 Å². The Balaban J connectivity index is 1.74. The molecule has 3 aromatic rings. The minimum absolute atomic E-state index is 0.140. The van der Waals surface area contributed by atoms with Crippen molar-refractivity contribution in [3.05, 3.63) is 71.4 Å². The largest absolute Gasteiger partial charge is 0.356 e. The van der Waals surface area contributed by atoms with E-state index in [1.54, 1.807) is 4.90 Å². The Morgan fingerprint density at radius 1 is 1.11 bits per heavy atom. The van der Waals surface area contributed by atoms with Crippen molar-refractivity contribution >= 4 is 11.7 Å². The zero-order valence-electron chi connectivity index (χ0n) is 16.0. The van der Waals surface area contributed by atoms with E-state index < -0.39 is 0 Å². The lowest BCUT2D eigenvalue weighted by Gasteiger charge is -2.21. The number of carbonyl (C=O) groups is 1. The van der Waals surface area contributed by atoms with Crippen LogP contribution in [0.2, 0.25) is 0 Å². The summed E-state index contributed by atoms with van der Waals surface area (Å²) in [6.07, 6.45) is 0.865. The third-order valence-corrected chi connectivity index (χ3v) is 4.38. The maximum atomic E-state index is 12.6. The zero-order valence-corrected chi connectivity index (χ0v) is 16.0. The van der Waals surface area contributed by atoms with Crippen molar-refractivity contribution in [1.82, 2.24) is 10.1 Å². The number of anilines is 1. The number of benzene rings is 2. The van der Waals surface area contributed by atoms with Gasteiger partial charge in [-0.3, -0.25) is 0 Å². The van der Waals surface area contributed by atoms with Crippen molar-refractivity contribution in [2.45, 2.75) is 33.7 Å². The first-order valence-corrected chi connectivity index (χ1v) is 9.21. The standard InChI is InChI=1S/C22H25N3O2/c1-4-12-25(22(26)23-18-8-6-5-7-9-18)15-19-14-21(27-24-19)20-13-16(2)10-11-17(20)3/h5-11,13-14H,4,12,15H2,1-3H3,(H,23,26). The van der Waals surface area contributed by atoms with Crippen molar-refractivity contribution in [1.29, 1.82) is 0 Å². The first-order chi connectivity index (χ1) is 13.1. The van der Waals surface area contributed by atoms with Crippen LogP contribution < -0.4 is 5.32 Å². The van der Waals surface area contributed by atoms with E-state index in [2.05, 4.69) is 35.6 Å². The zero-order chi connectivity index (χ0) is 19.2. The van der Waals surface area contributed by atoms with Crippen LogP contribution in [0.15, 0.2) is 59.1 Å². The summed E-state index contributed by atoms with van der Waals surface area (Å²) in [7, 11) is 0. The van der Waals surface area contributed by atoms with Crippen LogP contribution in [0.4, 0.5) is 10.5 Å². The summed E-state index contributed by atoms with van der Waals surface area (Å²) in [5.41, 5.74) is 4.85. The van der Waals surface area contributed by atoms with Gasteiger partial charge in [-0.05, 0) is 44.0 Å². The molecule has 0 aliphatic heterocycles. The van der Waals surface area contributed by atoms with Gasteiger partial charge in [0, 0.05) is 23.9 Å². The summed E-state index contributed by atoms with van der Waals surface area (Å²) < 4.78 is 5.56. The molecule has 0 fully saturated rings. The van der Waals surface area contributed by atoms with Crippen LogP contribution in [0, 0.1) is 13.8 Å². The van der Waals surface area contributed by atoms with E-state index in [9.17, 15) is 4.79 Å². The van der Waals surface area contributed by atoms with E-state index in [1.165, 1.54) is 5.56 Å². The lowest BCUT2D eigenvalue weighted by Crippen LogP contribution is -2.35. The van der Waals surface area contributed by atoms with Gasteiger partial charge < -0.3 is 14.7 Å². The van der Waals surface area contributed by atoms with Gasteiger partial charge in [-0.25, -0.2) is 4.79 Å². The van der Waals surface area contributed by atoms with Crippen LogP contribution in [-0.2, 0) is 6.54 Å². The predicted octanol–water partition coefficient (Wildman–Crippen LogP) is 5.40. The molecule has 1 heterocycles. The first-order valence-electron chi connectivity index (χ1n) is 9.21. The number of aromatic nitrogens is 1. The van der Waals surface area contributed by atoms with E-state index in [4.69, 9.17) is 4.52 Å². The third kappa shape index (κ3) is 4.76. The highest BCUT2D eigenvalue weighted by Crippen LogP contribution is 2.25. The average Bonchev–Trinajstić information content (AvgIpc) is 3.12. The number of nitrogens with one attached hydrogen (secondary N) is 1. The molecule has 0 saturated carbocycles. The number of amides is 2. The van der Waals surface area contributed by atoms with Crippen LogP contribution in [0.5, 0.6) is 0 Å². The van der Waals surface area contributed by atoms with E-state index in [0.29, 0.717) is 13.1 Å². The Morgan fingerprint density at radius 2 is 1.89 bits per heavy atom. The van der Waals surface area contributed by atoms with Crippen LogP contribution in [-0.4, -0.2) is 22.6 Å². The smallest absolute Gasteiger partial charge is 0.322 e. The van der Waals surface area contributed by atoms with Crippen molar-refractivity contribution in [2.24, 2.45) is 0 Å². The third-order valence-electron chi connectivity index (χ3n) is 4.38. The fourth-order valence-electron chi connectivity index (χ4n) is 2.96. The Labute approximate surface area is 160 Å². The summed E-state index contributed by atoms with van der Waals surface area (Å²) in [6, 6.07) is 17.5. The number of hydrogen-bond donors (Lipinski definition) is 1. The van der Waals surface area contributed by atoms with Crippen LogP contribution in [0.25, 0.3) is 11.3 Å². The fourth-order valence-corrected chi connectivity index (χ4v) is 2.96. The summed E-state index contributed by atoms with van der Waals surface area (Å²) in [4.78, 5) is 14.4. The van der Waals surface area contributed by atoms with Gasteiger partial charge in [-0.15, -0.1) is 0 Å². The minimum atomic E-state index is -0.140. The first kappa shape index (κ1) is 18.7. The fraction of sp³-hybridized carbons (Fsp3) is 0.273. The minimum Gasteiger partial charge on any atom is -0.356 e. The molecule has 0 unspecified atom stereocenters. The Bertz CT molecular complexity index is 903. The van der Waals surface area contributed by atoms with Gasteiger partial charge in [-0.2, -0.15) is 0 Å². The second kappa shape index (κ2) is 8.54. The monoisotopic (exact) mass is 363 g/mol. The van der Waals surface area contributed by atoms with Gasteiger partial charge >= 0.3 is 6.03 Å². The van der Waals surface area contributed by atoms with E-state index >= 15 is 0 Å². The molecule has 140 valence electrons. The molecule has 5 nitrogen and oxygen atoms in total. The number of carbonyl (C=O) groups excluding carboxylic acids is 1. The van der Waals surface area contributed by atoms with Gasteiger partial charge in [-0.1, -0.05) is 48.0 Å². The lowest BCUT2D eigenvalue weighted by atomic mass is 10.0. The number of urea groups is 1. The van der Waals surface area contributed by atoms with Crippen LogP contribution in [0.1, 0.15) is 30.2 Å². The van der Waals surface area contributed by atoms with Gasteiger partial charge in [0.1, 0.15) is 5.69 Å². The molecule has 5 heteroatoms. The van der Waals surface area contributed by atoms with Crippen LogP contribution in [0.3, 0.4) is 0 Å². The highest BCUT2D eigenvalue weighted by molar-refractivity contribution is 5.89. The van der Waals surface area contributed by atoms with Gasteiger partial charge in [0.25, 0.3) is 0 Å². The van der Waals surface area contributed by atoms with Gasteiger partial charge in [0.2, 0.25) is 0 Å².